The molecule has 0 saturated carbocycles. The molecular formula is C11H15FN2OS. The van der Waals surface area contributed by atoms with Gasteiger partial charge >= 0.3 is 0 Å². The van der Waals surface area contributed by atoms with Crippen LogP contribution in [0.2, 0.25) is 0 Å². The smallest absolute Gasteiger partial charge is 0.241 e. The van der Waals surface area contributed by atoms with Crippen molar-refractivity contribution in [3.63, 3.8) is 0 Å². The molecule has 1 rings (SSSR count). The molecular weight excluding hydrogens is 227 g/mol. The Hall–Kier alpha value is -1.07. The molecule has 0 aromatic heterocycles. The molecule has 0 saturated heterocycles. The first-order valence-corrected chi connectivity index (χ1v) is 6.34. The van der Waals surface area contributed by atoms with Crippen molar-refractivity contribution in [3.05, 3.63) is 30.1 Å². The largest absolute Gasteiger partial charge is 0.325 e. The topological polar surface area (TPSA) is 55.1 Å². The molecule has 1 aromatic rings. The summed E-state index contributed by atoms with van der Waals surface area (Å²) in [5.41, 5.74) is 6.24. The summed E-state index contributed by atoms with van der Waals surface area (Å²) in [6.45, 7) is 0. The van der Waals surface area contributed by atoms with E-state index in [4.69, 9.17) is 5.73 Å². The number of carbonyl (C=O) groups is 1. The third kappa shape index (κ3) is 4.20. The third-order valence-corrected chi connectivity index (χ3v) is 2.73. The number of amides is 1. The van der Waals surface area contributed by atoms with Crippen molar-refractivity contribution in [2.24, 2.45) is 5.73 Å². The molecule has 1 amide bonds. The highest BCUT2D eigenvalue weighted by Gasteiger charge is 2.12. The number of benzene rings is 1. The van der Waals surface area contributed by atoms with Crippen molar-refractivity contribution < 1.29 is 9.18 Å². The van der Waals surface area contributed by atoms with Crippen molar-refractivity contribution in [3.8, 4) is 0 Å². The Bertz CT molecular complexity index is 342. The lowest BCUT2D eigenvalue weighted by Crippen LogP contribution is -2.36. The van der Waals surface area contributed by atoms with E-state index in [-0.39, 0.29) is 11.7 Å². The van der Waals surface area contributed by atoms with Gasteiger partial charge in [0.1, 0.15) is 5.82 Å². The lowest BCUT2D eigenvalue weighted by Gasteiger charge is -2.11. The predicted molar refractivity (Wildman–Crippen MR) is 66.0 cm³/mol. The molecule has 3 nitrogen and oxygen atoms in total. The average molecular weight is 242 g/mol. The van der Waals surface area contributed by atoms with Gasteiger partial charge < -0.3 is 11.1 Å². The average Bonchev–Trinajstić information content (AvgIpc) is 2.29. The highest BCUT2D eigenvalue weighted by molar-refractivity contribution is 7.98. The van der Waals surface area contributed by atoms with Crippen LogP contribution in [0.4, 0.5) is 10.1 Å². The molecule has 0 heterocycles. The van der Waals surface area contributed by atoms with Crippen LogP contribution >= 0.6 is 11.8 Å². The molecule has 0 aliphatic carbocycles. The maximum atomic E-state index is 12.6. The molecule has 0 spiro atoms. The molecule has 1 unspecified atom stereocenters. The molecule has 1 aromatic carbocycles. The van der Waals surface area contributed by atoms with Crippen LogP contribution < -0.4 is 11.1 Å². The van der Waals surface area contributed by atoms with Crippen LogP contribution in [0, 0.1) is 5.82 Å². The maximum absolute atomic E-state index is 12.6. The van der Waals surface area contributed by atoms with Gasteiger partial charge in [0.2, 0.25) is 5.91 Å². The Kier molecular flexibility index (Phi) is 5.28. The number of rotatable bonds is 5. The lowest BCUT2D eigenvalue weighted by molar-refractivity contribution is -0.117. The fourth-order valence-electron chi connectivity index (χ4n) is 1.14. The maximum Gasteiger partial charge on any atom is 0.241 e. The summed E-state index contributed by atoms with van der Waals surface area (Å²) in [6, 6.07) is 5.09. The van der Waals surface area contributed by atoms with E-state index in [0.717, 1.165) is 5.75 Å². The second kappa shape index (κ2) is 6.50. The van der Waals surface area contributed by atoms with E-state index in [0.29, 0.717) is 12.1 Å². The second-order valence-electron chi connectivity index (χ2n) is 3.38. The predicted octanol–water partition coefficient (Wildman–Crippen LogP) is 1.84. The first-order valence-electron chi connectivity index (χ1n) is 4.94. The molecule has 16 heavy (non-hydrogen) atoms. The van der Waals surface area contributed by atoms with Gasteiger partial charge in [0.15, 0.2) is 0 Å². The minimum Gasteiger partial charge on any atom is -0.325 e. The first kappa shape index (κ1) is 13.0. The normalized spacial score (nSPS) is 12.2. The highest BCUT2D eigenvalue weighted by Crippen LogP contribution is 2.09. The number of halogens is 1. The van der Waals surface area contributed by atoms with E-state index in [1.165, 1.54) is 24.3 Å². The Morgan fingerprint density at radius 2 is 2.12 bits per heavy atom. The summed E-state index contributed by atoms with van der Waals surface area (Å²) in [4.78, 5) is 11.6. The number of nitrogens with one attached hydrogen (secondary N) is 1. The van der Waals surface area contributed by atoms with E-state index in [9.17, 15) is 9.18 Å². The highest BCUT2D eigenvalue weighted by atomic mass is 32.2. The van der Waals surface area contributed by atoms with Crippen molar-refractivity contribution in [1.82, 2.24) is 0 Å². The Labute approximate surface area is 98.6 Å². The zero-order chi connectivity index (χ0) is 12.0. The monoisotopic (exact) mass is 242 g/mol. The molecule has 0 aliphatic heterocycles. The summed E-state index contributed by atoms with van der Waals surface area (Å²) in [5.74, 6) is 0.281. The number of nitrogens with two attached hydrogens (primary N) is 1. The fraction of sp³-hybridized carbons (Fsp3) is 0.364. The number of thioether (sulfide) groups is 1. The van der Waals surface area contributed by atoms with E-state index in [1.807, 2.05) is 6.26 Å². The van der Waals surface area contributed by atoms with Gasteiger partial charge in [-0.3, -0.25) is 4.79 Å². The zero-order valence-corrected chi connectivity index (χ0v) is 9.89. The molecule has 88 valence electrons. The quantitative estimate of drug-likeness (QED) is 0.828. The standard InChI is InChI=1S/C11H15FN2OS/c1-16-7-6-10(13)11(15)14-9-4-2-8(12)3-5-9/h2-5,10H,6-7,13H2,1H3,(H,14,15). The summed E-state index contributed by atoms with van der Waals surface area (Å²) in [5, 5.41) is 2.64. The van der Waals surface area contributed by atoms with Crippen LogP contribution in [0.15, 0.2) is 24.3 Å². The summed E-state index contributed by atoms with van der Waals surface area (Å²) < 4.78 is 12.6. The van der Waals surface area contributed by atoms with Crippen LogP contribution in [-0.4, -0.2) is 24.0 Å². The van der Waals surface area contributed by atoms with E-state index in [2.05, 4.69) is 5.32 Å². The zero-order valence-electron chi connectivity index (χ0n) is 9.07. The van der Waals surface area contributed by atoms with Gasteiger partial charge in [-0.1, -0.05) is 0 Å². The van der Waals surface area contributed by atoms with E-state index in [1.54, 1.807) is 11.8 Å². The number of anilines is 1. The summed E-state index contributed by atoms with van der Waals surface area (Å²) in [6.07, 6.45) is 2.60. The number of carbonyl (C=O) groups excluding carboxylic acids is 1. The fourth-order valence-corrected chi connectivity index (χ4v) is 1.63. The van der Waals surface area contributed by atoms with Gasteiger partial charge in [-0.15, -0.1) is 0 Å². The molecule has 1 atom stereocenters. The summed E-state index contributed by atoms with van der Waals surface area (Å²) in [7, 11) is 0. The number of hydrogen-bond acceptors (Lipinski definition) is 3. The first-order chi connectivity index (χ1) is 7.63. The lowest BCUT2D eigenvalue weighted by atomic mass is 10.2. The van der Waals surface area contributed by atoms with Gasteiger partial charge in [-0.05, 0) is 42.7 Å². The molecule has 0 radical (unpaired) electrons. The SMILES string of the molecule is CSCCC(N)C(=O)Nc1ccc(F)cc1. The van der Waals surface area contributed by atoms with Crippen molar-refractivity contribution >= 4 is 23.4 Å². The van der Waals surface area contributed by atoms with Gasteiger partial charge in [-0.25, -0.2) is 4.39 Å². The van der Waals surface area contributed by atoms with E-state index >= 15 is 0 Å². The van der Waals surface area contributed by atoms with Crippen molar-refractivity contribution in [2.45, 2.75) is 12.5 Å². The second-order valence-corrected chi connectivity index (χ2v) is 4.37. The molecule has 0 aliphatic rings. The molecule has 3 N–H and O–H groups in total. The van der Waals surface area contributed by atoms with E-state index < -0.39 is 6.04 Å². The Morgan fingerprint density at radius 1 is 1.50 bits per heavy atom. The van der Waals surface area contributed by atoms with Crippen LogP contribution in [-0.2, 0) is 4.79 Å². The minimum absolute atomic E-state index is 0.236. The Morgan fingerprint density at radius 3 is 2.69 bits per heavy atom. The molecule has 0 fully saturated rings. The molecule has 0 bridgehead atoms. The van der Waals surface area contributed by atoms with Crippen LogP contribution in [0.25, 0.3) is 0 Å². The third-order valence-electron chi connectivity index (χ3n) is 2.08. The molecule has 5 heteroatoms. The number of hydrogen-bond donors (Lipinski definition) is 2. The van der Waals surface area contributed by atoms with Gasteiger partial charge in [0.25, 0.3) is 0 Å². The van der Waals surface area contributed by atoms with Crippen molar-refractivity contribution in [2.75, 3.05) is 17.3 Å². The van der Waals surface area contributed by atoms with Gasteiger partial charge in [0.05, 0.1) is 6.04 Å². The van der Waals surface area contributed by atoms with Gasteiger partial charge in [0, 0.05) is 5.69 Å². The van der Waals surface area contributed by atoms with Crippen LogP contribution in [0.3, 0.4) is 0 Å². The van der Waals surface area contributed by atoms with Crippen LogP contribution in [0.5, 0.6) is 0 Å². The van der Waals surface area contributed by atoms with Crippen LogP contribution in [0.1, 0.15) is 6.42 Å². The minimum atomic E-state index is -0.516. The van der Waals surface area contributed by atoms with Gasteiger partial charge in [-0.2, -0.15) is 11.8 Å². The summed E-state index contributed by atoms with van der Waals surface area (Å²) >= 11 is 1.65. The Balaban J connectivity index is 2.47. The van der Waals surface area contributed by atoms with Crippen molar-refractivity contribution in [1.29, 1.82) is 0 Å².